The average molecular weight is 427 g/mol. The summed E-state index contributed by atoms with van der Waals surface area (Å²) in [5.74, 6) is 0.388. The molecular weight excluding hydrogens is 396 g/mol. The Bertz CT molecular complexity index is 652. The smallest absolute Gasteiger partial charge is 0.236 e. The number of carbonyl (C=O) groups excluding carboxylic acids is 2. The highest BCUT2D eigenvalue weighted by Gasteiger charge is 2.24. The summed E-state index contributed by atoms with van der Waals surface area (Å²) in [6.07, 6.45) is 4.74. The zero-order chi connectivity index (χ0) is 19.9. The number of carbonyl (C=O) groups is 2. The van der Waals surface area contributed by atoms with Crippen molar-refractivity contribution in [2.24, 2.45) is 0 Å². The van der Waals surface area contributed by atoms with Crippen LogP contribution in [0.25, 0.3) is 0 Å². The molecule has 3 heterocycles. The number of halogens is 1. The van der Waals surface area contributed by atoms with E-state index in [0.717, 1.165) is 61.3 Å². The van der Waals surface area contributed by atoms with E-state index >= 15 is 0 Å². The van der Waals surface area contributed by atoms with E-state index in [4.69, 9.17) is 11.6 Å². The van der Waals surface area contributed by atoms with E-state index in [2.05, 4.69) is 9.80 Å². The molecule has 28 heavy (non-hydrogen) atoms. The van der Waals surface area contributed by atoms with Gasteiger partial charge in [0.2, 0.25) is 11.8 Å². The monoisotopic (exact) mass is 426 g/mol. The van der Waals surface area contributed by atoms with Gasteiger partial charge in [-0.15, -0.1) is 11.3 Å². The number of amides is 2. The third kappa shape index (κ3) is 6.44. The van der Waals surface area contributed by atoms with Crippen molar-refractivity contribution in [2.45, 2.75) is 32.2 Å². The number of hydrogen-bond donors (Lipinski definition) is 0. The molecule has 0 spiro atoms. The van der Waals surface area contributed by atoms with E-state index in [9.17, 15) is 9.59 Å². The molecule has 1 aromatic heterocycles. The predicted molar refractivity (Wildman–Crippen MR) is 114 cm³/mol. The lowest BCUT2D eigenvalue weighted by atomic mass is 10.2. The average Bonchev–Trinajstić information content (AvgIpc) is 2.92. The highest BCUT2D eigenvalue weighted by molar-refractivity contribution is 7.16. The van der Waals surface area contributed by atoms with Crippen molar-refractivity contribution in [3.63, 3.8) is 0 Å². The van der Waals surface area contributed by atoms with Crippen molar-refractivity contribution < 1.29 is 9.59 Å². The van der Waals surface area contributed by atoms with Crippen LogP contribution in [0.15, 0.2) is 12.1 Å². The van der Waals surface area contributed by atoms with Crippen LogP contribution >= 0.6 is 22.9 Å². The summed E-state index contributed by atoms with van der Waals surface area (Å²) < 4.78 is 0.752. The van der Waals surface area contributed by atoms with Crippen LogP contribution in [0.2, 0.25) is 4.34 Å². The van der Waals surface area contributed by atoms with Crippen LogP contribution in [0.5, 0.6) is 0 Å². The zero-order valence-corrected chi connectivity index (χ0v) is 18.3. The second kappa shape index (κ2) is 10.6. The van der Waals surface area contributed by atoms with Crippen LogP contribution in [0.3, 0.4) is 0 Å². The normalized spacial score (nSPS) is 19.4. The highest BCUT2D eigenvalue weighted by atomic mass is 35.5. The Morgan fingerprint density at radius 2 is 1.57 bits per heavy atom. The molecule has 2 fully saturated rings. The molecule has 0 bridgehead atoms. The fourth-order valence-corrected chi connectivity index (χ4v) is 4.93. The number of thiophene rings is 1. The minimum absolute atomic E-state index is 0.124. The molecule has 156 valence electrons. The van der Waals surface area contributed by atoms with Crippen LogP contribution in [-0.2, 0) is 16.1 Å². The Hall–Kier alpha value is -1.15. The molecule has 0 aliphatic carbocycles. The van der Waals surface area contributed by atoms with Gasteiger partial charge >= 0.3 is 0 Å². The quantitative estimate of drug-likeness (QED) is 0.700. The Balaban J connectivity index is 1.37. The summed E-state index contributed by atoms with van der Waals surface area (Å²) in [6, 6.07) is 3.84. The van der Waals surface area contributed by atoms with Gasteiger partial charge in [0.25, 0.3) is 0 Å². The Morgan fingerprint density at radius 1 is 0.964 bits per heavy atom. The molecule has 0 radical (unpaired) electrons. The number of likely N-dealkylation sites (N-methyl/N-ethyl adjacent to an activating group) is 1. The minimum atomic E-state index is 0.124. The minimum Gasteiger partial charge on any atom is -0.342 e. The molecule has 2 aliphatic rings. The first-order valence-corrected chi connectivity index (χ1v) is 11.4. The fraction of sp³-hybridized carbons (Fsp3) is 0.700. The summed E-state index contributed by atoms with van der Waals surface area (Å²) in [5, 5.41) is 0. The maximum atomic E-state index is 12.5. The third-order valence-corrected chi connectivity index (χ3v) is 6.80. The lowest BCUT2D eigenvalue weighted by Gasteiger charge is -2.35. The van der Waals surface area contributed by atoms with E-state index < -0.39 is 0 Å². The van der Waals surface area contributed by atoms with Crippen LogP contribution < -0.4 is 0 Å². The fourth-order valence-electron chi connectivity index (χ4n) is 3.79. The summed E-state index contributed by atoms with van der Waals surface area (Å²) in [7, 11) is 1.84. The molecule has 8 heteroatoms. The lowest BCUT2D eigenvalue weighted by Crippen LogP contribution is -2.52. The molecule has 3 rings (SSSR count). The van der Waals surface area contributed by atoms with Gasteiger partial charge in [0, 0.05) is 51.2 Å². The molecule has 0 saturated carbocycles. The number of likely N-dealkylation sites (tertiary alicyclic amines) is 1. The molecule has 2 amide bonds. The molecule has 6 nitrogen and oxygen atoms in total. The first-order chi connectivity index (χ1) is 13.5. The first-order valence-electron chi connectivity index (χ1n) is 10.2. The van der Waals surface area contributed by atoms with Crippen molar-refractivity contribution >= 4 is 34.8 Å². The van der Waals surface area contributed by atoms with Gasteiger partial charge in [0.15, 0.2) is 0 Å². The molecule has 2 saturated heterocycles. The summed E-state index contributed by atoms with van der Waals surface area (Å²) >= 11 is 7.48. The van der Waals surface area contributed by atoms with Crippen LogP contribution in [0.1, 0.15) is 30.6 Å². The van der Waals surface area contributed by atoms with Gasteiger partial charge in [0.05, 0.1) is 24.0 Å². The predicted octanol–water partition coefficient (Wildman–Crippen LogP) is 2.38. The van der Waals surface area contributed by atoms with E-state index in [1.54, 1.807) is 4.90 Å². The second-order valence-corrected chi connectivity index (χ2v) is 9.60. The largest absolute Gasteiger partial charge is 0.342 e. The molecule has 0 atom stereocenters. The summed E-state index contributed by atoms with van der Waals surface area (Å²) in [6.45, 7) is 6.72. The number of piperazine rings is 1. The van der Waals surface area contributed by atoms with Gasteiger partial charge in [-0.2, -0.15) is 0 Å². The van der Waals surface area contributed by atoms with Gasteiger partial charge in [-0.3, -0.25) is 19.4 Å². The van der Waals surface area contributed by atoms with E-state index in [1.807, 2.05) is 24.1 Å². The van der Waals surface area contributed by atoms with Crippen molar-refractivity contribution in [3.05, 3.63) is 21.3 Å². The molecule has 0 unspecified atom stereocenters. The van der Waals surface area contributed by atoms with Crippen LogP contribution in [0.4, 0.5) is 0 Å². The number of hydrogen-bond acceptors (Lipinski definition) is 5. The van der Waals surface area contributed by atoms with E-state index in [-0.39, 0.29) is 11.8 Å². The van der Waals surface area contributed by atoms with Crippen molar-refractivity contribution in [2.75, 3.05) is 59.4 Å². The topological polar surface area (TPSA) is 47.1 Å². The van der Waals surface area contributed by atoms with E-state index in [1.165, 1.54) is 24.2 Å². The maximum Gasteiger partial charge on any atom is 0.236 e. The zero-order valence-electron chi connectivity index (χ0n) is 16.7. The number of rotatable bonds is 6. The molecular formula is C20H31ClN4O2S. The van der Waals surface area contributed by atoms with E-state index in [0.29, 0.717) is 19.6 Å². The number of nitrogens with zero attached hydrogens (tertiary/aromatic N) is 4. The van der Waals surface area contributed by atoms with Crippen molar-refractivity contribution in [1.29, 1.82) is 0 Å². The Labute approximate surface area is 177 Å². The summed E-state index contributed by atoms with van der Waals surface area (Å²) in [4.78, 5) is 34.4. The van der Waals surface area contributed by atoms with Crippen LogP contribution in [0, 0.1) is 0 Å². The van der Waals surface area contributed by atoms with Gasteiger partial charge in [-0.1, -0.05) is 24.4 Å². The van der Waals surface area contributed by atoms with Gasteiger partial charge < -0.3 is 9.80 Å². The Kier molecular flexibility index (Phi) is 8.14. The molecule has 0 aromatic carbocycles. The SMILES string of the molecule is CN(Cc1ccc(Cl)s1)C(=O)CN1CCN(CC(=O)N2CCCCCC2)CC1. The summed E-state index contributed by atoms with van der Waals surface area (Å²) in [5.41, 5.74) is 0. The molecule has 1 aromatic rings. The third-order valence-electron chi connectivity index (χ3n) is 5.59. The van der Waals surface area contributed by atoms with Gasteiger partial charge in [0.1, 0.15) is 0 Å². The maximum absolute atomic E-state index is 12.5. The van der Waals surface area contributed by atoms with Crippen molar-refractivity contribution in [1.82, 2.24) is 19.6 Å². The Morgan fingerprint density at radius 3 is 2.14 bits per heavy atom. The van der Waals surface area contributed by atoms with Gasteiger partial charge in [-0.05, 0) is 25.0 Å². The standard InChI is InChI=1S/C20H31ClN4O2S/c1-22(14-17-6-7-18(21)28-17)19(26)15-23-10-12-24(13-11-23)16-20(27)25-8-4-2-3-5-9-25/h6-7H,2-5,8-16H2,1H3. The lowest BCUT2D eigenvalue weighted by molar-refractivity contribution is -0.134. The van der Waals surface area contributed by atoms with Crippen molar-refractivity contribution in [3.8, 4) is 0 Å². The molecule has 2 aliphatic heterocycles. The first kappa shape index (κ1) is 21.6. The molecule has 0 N–H and O–H groups in total. The van der Waals surface area contributed by atoms with Crippen LogP contribution in [-0.4, -0.2) is 90.8 Å². The van der Waals surface area contributed by atoms with Gasteiger partial charge in [-0.25, -0.2) is 0 Å². The second-order valence-electron chi connectivity index (χ2n) is 7.80. The highest BCUT2D eigenvalue weighted by Crippen LogP contribution is 2.22.